The number of carbonyl (C=O) groups excluding carboxylic acids is 2. The summed E-state index contributed by atoms with van der Waals surface area (Å²) in [7, 11) is 0. The van der Waals surface area contributed by atoms with E-state index >= 15 is 0 Å². The maximum atomic E-state index is 11.6. The third kappa shape index (κ3) is 1.88. The van der Waals surface area contributed by atoms with E-state index in [0.29, 0.717) is 12.1 Å². The summed E-state index contributed by atoms with van der Waals surface area (Å²) < 4.78 is 0. The first kappa shape index (κ1) is 10.6. The zero-order valence-electron chi connectivity index (χ0n) is 9.06. The lowest BCUT2D eigenvalue weighted by Crippen LogP contribution is -2.24. The van der Waals surface area contributed by atoms with E-state index in [4.69, 9.17) is 0 Å². The SMILES string of the molecule is Cc1cc(N=C=O)ccc1N1CCCC1=O. The highest BCUT2D eigenvalue weighted by molar-refractivity contribution is 5.96. The predicted octanol–water partition coefficient (Wildman–Crippen LogP) is 2.09. The number of rotatable bonds is 2. The second-order valence-corrected chi connectivity index (χ2v) is 3.82. The van der Waals surface area contributed by atoms with Crippen LogP contribution in [0.1, 0.15) is 18.4 Å². The molecule has 0 unspecified atom stereocenters. The second-order valence-electron chi connectivity index (χ2n) is 3.82. The Bertz CT molecular complexity index is 476. The summed E-state index contributed by atoms with van der Waals surface area (Å²) in [6.07, 6.45) is 3.03. The highest BCUT2D eigenvalue weighted by Gasteiger charge is 2.22. The van der Waals surface area contributed by atoms with Crippen molar-refractivity contribution < 1.29 is 9.59 Å². The average molecular weight is 216 g/mol. The summed E-state index contributed by atoms with van der Waals surface area (Å²) in [5, 5.41) is 0. The fourth-order valence-electron chi connectivity index (χ4n) is 1.97. The quantitative estimate of drug-likeness (QED) is 0.561. The molecule has 1 amide bonds. The number of anilines is 1. The molecule has 1 aromatic rings. The molecule has 82 valence electrons. The van der Waals surface area contributed by atoms with Gasteiger partial charge in [0.1, 0.15) is 0 Å². The van der Waals surface area contributed by atoms with Gasteiger partial charge in [0.05, 0.1) is 5.69 Å². The summed E-state index contributed by atoms with van der Waals surface area (Å²) >= 11 is 0. The van der Waals surface area contributed by atoms with Gasteiger partial charge in [-0.3, -0.25) is 4.79 Å². The van der Waals surface area contributed by atoms with Gasteiger partial charge in [-0.25, -0.2) is 4.79 Å². The van der Waals surface area contributed by atoms with Crippen molar-refractivity contribution in [2.45, 2.75) is 19.8 Å². The number of nitrogens with zero attached hydrogens (tertiary/aromatic N) is 2. The van der Waals surface area contributed by atoms with E-state index in [0.717, 1.165) is 24.2 Å². The third-order valence-electron chi connectivity index (χ3n) is 2.72. The van der Waals surface area contributed by atoms with E-state index in [1.165, 1.54) is 6.08 Å². The Hall–Kier alpha value is -1.93. The molecule has 1 aromatic carbocycles. The molecule has 16 heavy (non-hydrogen) atoms. The number of amides is 1. The molecule has 0 aliphatic carbocycles. The van der Waals surface area contributed by atoms with Crippen LogP contribution in [0.15, 0.2) is 23.2 Å². The van der Waals surface area contributed by atoms with Crippen LogP contribution in [0, 0.1) is 6.92 Å². The average Bonchev–Trinajstić information content (AvgIpc) is 2.65. The van der Waals surface area contributed by atoms with Crippen LogP contribution in [0.4, 0.5) is 11.4 Å². The van der Waals surface area contributed by atoms with Crippen LogP contribution in [0.5, 0.6) is 0 Å². The molecule has 0 atom stereocenters. The zero-order chi connectivity index (χ0) is 11.5. The fourth-order valence-corrected chi connectivity index (χ4v) is 1.97. The number of carbonyl (C=O) groups is 1. The lowest BCUT2D eigenvalue weighted by atomic mass is 10.1. The second kappa shape index (κ2) is 4.29. The minimum Gasteiger partial charge on any atom is -0.312 e. The van der Waals surface area contributed by atoms with Crippen molar-refractivity contribution in [3.8, 4) is 0 Å². The Kier molecular flexibility index (Phi) is 2.84. The van der Waals surface area contributed by atoms with Crippen LogP contribution in [0.25, 0.3) is 0 Å². The Morgan fingerprint density at radius 2 is 2.25 bits per heavy atom. The maximum Gasteiger partial charge on any atom is 0.240 e. The molecular formula is C12H12N2O2. The first-order valence-electron chi connectivity index (χ1n) is 5.21. The largest absolute Gasteiger partial charge is 0.312 e. The van der Waals surface area contributed by atoms with Crippen LogP contribution in [-0.4, -0.2) is 18.5 Å². The van der Waals surface area contributed by atoms with Crippen LogP contribution >= 0.6 is 0 Å². The molecule has 0 N–H and O–H groups in total. The molecule has 1 fully saturated rings. The van der Waals surface area contributed by atoms with Gasteiger partial charge in [0.15, 0.2) is 0 Å². The molecule has 1 aliphatic rings. The number of isocyanates is 1. The monoisotopic (exact) mass is 216 g/mol. The first-order chi connectivity index (χ1) is 7.72. The summed E-state index contributed by atoms with van der Waals surface area (Å²) in [5.74, 6) is 0.162. The summed E-state index contributed by atoms with van der Waals surface area (Å²) in [4.78, 5) is 27.0. The first-order valence-corrected chi connectivity index (χ1v) is 5.21. The van der Waals surface area contributed by atoms with Crippen LogP contribution in [-0.2, 0) is 9.59 Å². The smallest absolute Gasteiger partial charge is 0.240 e. The van der Waals surface area contributed by atoms with E-state index in [2.05, 4.69) is 4.99 Å². The summed E-state index contributed by atoms with van der Waals surface area (Å²) in [5.41, 5.74) is 2.43. The molecule has 0 aromatic heterocycles. The third-order valence-corrected chi connectivity index (χ3v) is 2.72. The predicted molar refractivity (Wildman–Crippen MR) is 60.5 cm³/mol. The zero-order valence-corrected chi connectivity index (χ0v) is 9.06. The topological polar surface area (TPSA) is 49.7 Å². The van der Waals surface area contributed by atoms with Gasteiger partial charge >= 0.3 is 0 Å². The van der Waals surface area contributed by atoms with E-state index in [1.54, 1.807) is 17.0 Å². The van der Waals surface area contributed by atoms with Gasteiger partial charge in [-0.15, -0.1) is 0 Å². The highest BCUT2D eigenvalue weighted by atomic mass is 16.2. The molecule has 4 heteroatoms. The van der Waals surface area contributed by atoms with Crippen LogP contribution < -0.4 is 4.90 Å². The number of aryl methyl sites for hydroxylation is 1. The number of hydrogen-bond donors (Lipinski definition) is 0. The molecule has 2 rings (SSSR count). The molecule has 0 radical (unpaired) electrons. The summed E-state index contributed by atoms with van der Waals surface area (Å²) in [6.45, 7) is 2.68. The molecule has 1 saturated heterocycles. The van der Waals surface area contributed by atoms with Crippen molar-refractivity contribution in [1.29, 1.82) is 0 Å². The van der Waals surface area contributed by atoms with Crippen molar-refractivity contribution in [2.75, 3.05) is 11.4 Å². The molecule has 0 bridgehead atoms. The van der Waals surface area contributed by atoms with Gasteiger partial charge in [-0.1, -0.05) is 0 Å². The van der Waals surface area contributed by atoms with Crippen molar-refractivity contribution >= 4 is 23.4 Å². The molecule has 4 nitrogen and oxygen atoms in total. The number of aliphatic imine (C=N–C) groups is 1. The molecular weight excluding hydrogens is 204 g/mol. The van der Waals surface area contributed by atoms with Crippen molar-refractivity contribution in [1.82, 2.24) is 0 Å². The van der Waals surface area contributed by atoms with Crippen molar-refractivity contribution in [3.63, 3.8) is 0 Å². The summed E-state index contributed by atoms with van der Waals surface area (Å²) in [6, 6.07) is 5.33. The van der Waals surface area contributed by atoms with Crippen LogP contribution in [0.3, 0.4) is 0 Å². The van der Waals surface area contributed by atoms with Gasteiger partial charge in [-0.05, 0) is 37.1 Å². The highest BCUT2D eigenvalue weighted by Crippen LogP contribution is 2.28. The van der Waals surface area contributed by atoms with Gasteiger partial charge in [0, 0.05) is 18.7 Å². The minimum absolute atomic E-state index is 0.162. The minimum atomic E-state index is 0.162. The Balaban J connectivity index is 2.35. The van der Waals surface area contributed by atoms with Crippen LogP contribution in [0.2, 0.25) is 0 Å². The molecule has 0 saturated carbocycles. The molecule has 1 aliphatic heterocycles. The van der Waals surface area contributed by atoms with Crippen molar-refractivity contribution in [2.24, 2.45) is 4.99 Å². The fraction of sp³-hybridized carbons (Fsp3) is 0.333. The van der Waals surface area contributed by atoms with E-state index in [9.17, 15) is 9.59 Å². The lowest BCUT2D eigenvalue weighted by Gasteiger charge is -2.18. The Morgan fingerprint density at radius 1 is 1.44 bits per heavy atom. The molecule has 1 heterocycles. The normalized spacial score (nSPS) is 15.1. The number of hydrogen-bond acceptors (Lipinski definition) is 3. The van der Waals surface area contributed by atoms with E-state index < -0.39 is 0 Å². The van der Waals surface area contributed by atoms with Gasteiger partial charge in [-0.2, -0.15) is 4.99 Å². The number of benzene rings is 1. The maximum absolute atomic E-state index is 11.6. The van der Waals surface area contributed by atoms with Gasteiger partial charge in [0.25, 0.3) is 0 Å². The lowest BCUT2D eigenvalue weighted by molar-refractivity contribution is -0.117. The van der Waals surface area contributed by atoms with E-state index in [-0.39, 0.29) is 5.91 Å². The Labute approximate surface area is 93.6 Å². The van der Waals surface area contributed by atoms with E-state index in [1.807, 2.05) is 13.0 Å². The van der Waals surface area contributed by atoms with Gasteiger partial charge < -0.3 is 4.90 Å². The van der Waals surface area contributed by atoms with Gasteiger partial charge in [0.2, 0.25) is 12.0 Å². The standard InChI is InChI=1S/C12H12N2O2/c1-9-7-10(13-8-15)4-5-11(9)14-6-2-3-12(14)16/h4-5,7H,2-3,6H2,1H3. The van der Waals surface area contributed by atoms with Crippen molar-refractivity contribution in [3.05, 3.63) is 23.8 Å². The molecule has 0 spiro atoms. The Morgan fingerprint density at radius 3 is 2.81 bits per heavy atom.